The number of hydrogen-bond acceptors (Lipinski definition) is 2. The molecular weight excluding hydrogens is 178 g/mol. The zero-order valence-corrected chi connectivity index (χ0v) is 9.41. The fourth-order valence-electron chi connectivity index (χ4n) is 1.99. The highest BCUT2D eigenvalue weighted by Gasteiger charge is 2.36. The van der Waals surface area contributed by atoms with Crippen LogP contribution in [-0.4, -0.2) is 22.8 Å². The third kappa shape index (κ3) is 1.97. The molecule has 0 bridgehead atoms. The van der Waals surface area contributed by atoms with Crippen molar-refractivity contribution < 1.29 is 9.59 Å². The van der Waals surface area contributed by atoms with E-state index in [2.05, 4.69) is 0 Å². The van der Waals surface area contributed by atoms with Crippen molar-refractivity contribution >= 4 is 11.8 Å². The Kier molecular flexibility index (Phi) is 3.29. The van der Waals surface area contributed by atoms with Crippen molar-refractivity contribution in [2.45, 2.75) is 46.6 Å². The summed E-state index contributed by atoms with van der Waals surface area (Å²) in [6.07, 6.45) is 1.24. The molecule has 1 aliphatic rings. The fourth-order valence-corrected chi connectivity index (χ4v) is 1.99. The molecule has 1 rings (SSSR count). The van der Waals surface area contributed by atoms with Crippen LogP contribution in [0.25, 0.3) is 0 Å². The fraction of sp³-hybridized carbons (Fsp3) is 0.818. The Morgan fingerprint density at radius 2 is 1.79 bits per heavy atom. The summed E-state index contributed by atoms with van der Waals surface area (Å²) >= 11 is 0. The maximum Gasteiger partial charge on any atom is 0.232 e. The maximum atomic E-state index is 11.9. The molecule has 0 aliphatic carbocycles. The SMILES string of the molecule is CC(C)C1CCC(=O)N(C(C)C)C1=O. The van der Waals surface area contributed by atoms with Gasteiger partial charge in [-0.3, -0.25) is 14.5 Å². The predicted molar refractivity (Wildman–Crippen MR) is 54.6 cm³/mol. The smallest absolute Gasteiger partial charge is 0.232 e. The Morgan fingerprint density at radius 1 is 1.21 bits per heavy atom. The van der Waals surface area contributed by atoms with Gasteiger partial charge in [0, 0.05) is 18.4 Å². The molecule has 1 saturated heterocycles. The van der Waals surface area contributed by atoms with Crippen molar-refractivity contribution in [3.8, 4) is 0 Å². The quantitative estimate of drug-likeness (QED) is 0.633. The standard InChI is InChI=1S/C11H19NO2/c1-7(2)9-5-6-10(13)12(8(3)4)11(9)14/h7-9H,5-6H2,1-4H3. The molecule has 0 aromatic rings. The van der Waals surface area contributed by atoms with E-state index in [1.54, 1.807) is 0 Å². The Labute approximate surface area is 85.5 Å². The van der Waals surface area contributed by atoms with E-state index in [1.807, 2.05) is 27.7 Å². The molecular formula is C11H19NO2. The van der Waals surface area contributed by atoms with E-state index in [9.17, 15) is 9.59 Å². The van der Waals surface area contributed by atoms with Crippen LogP contribution in [-0.2, 0) is 9.59 Å². The topological polar surface area (TPSA) is 37.4 Å². The minimum Gasteiger partial charge on any atom is -0.280 e. The van der Waals surface area contributed by atoms with Gasteiger partial charge >= 0.3 is 0 Å². The first-order valence-electron chi connectivity index (χ1n) is 5.31. The van der Waals surface area contributed by atoms with Gasteiger partial charge in [0.25, 0.3) is 0 Å². The second kappa shape index (κ2) is 4.11. The van der Waals surface area contributed by atoms with Crippen molar-refractivity contribution in [3.63, 3.8) is 0 Å². The highest BCUT2D eigenvalue weighted by atomic mass is 16.2. The molecule has 0 radical (unpaired) electrons. The highest BCUT2D eigenvalue weighted by molar-refractivity contribution is 5.99. The molecule has 0 aromatic carbocycles. The summed E-state index contributed by atoms with van der Waals surface area (Å²) in [4.78, 5) is 24.9. The molecule has 2 amide bonds. The number of piperidine rings is 1. The number of likely N-dealkylation sites (tertiary alicyclic amines) is 1. The van der Waals surface area contributed by atoms with Gasteiger partial charge in [0.05, 0.1) is 0 Å². The van der Waals surface area contributed by atoms with E-state index in [1.165, 1.54) is 4.90 Å². The van der Waals surface area contributed by atoms with Gasteiger partial charge in [-0.1, -0.05) is 13.8 Å². The normalized spacial score (nSPS) is 23.9. The predicted octanol–water partition coefficient (Wildman–Crippen LogP) is 1.82. The van der Waals surface area contributed by atoms with Crippen molar-refractivity contribution in [1.82, 2.24) is 4.90 Å². The van der Waals surface area contributed by atoms with Crippen LogP contribution in [0, 0.1) is 11.8 Å². The summed E-state index contributed by atoms with van der Waals surface area (Å²) in [7, 11) is 0. The maximum absolute atomic E-state index is 11.9. The molecule has 1 aliphatic heterocycles. The zero-order valence-electron chi connectivity index (χ0n) is 9.41. The van der Waals surface area contributed by atoms with E-state index < -0.39 is 0 Å². The van der Waals surface area contributed by atoms with Crippen LogP contribution in [0.1, 0.15) is 40.5 Å². The van der Waals surface area contributed by atoms with Gasteiger partial charge in [0.1, 0.15) is 0 Å². The number of amides is 2. The van der Waals surface area contributed by atoms with Crippen LogP contribution in [0.15, 0.2) is 0 Å². The van der Waals surface area contributed by atoms with Crippen molar-refractivity contribution in [2.75, 3.05) is 0 Å². The van der Waals surface area contributed by atoms with Crippen LogP contribution in [0.2, 0.25) is 0 Å². The first-order chi connectivity index (χ1) is 6.45. The molecule has 1 heterocycles. The third-order valence-corrected chi connectivity index (χ3v) is 2.81. The van der Waals surface area contributed by atoms with Gasteiger partial charge in [0.15, 0.2) is 0 Å². The molecule has 14 heavy (non-hydrogen) atoms. The number of carbonyl (C=O) groups excluding carboxylic acids is 2. The molecule has 0 saturated carbocycles. The molecule has 0 N–H and O–H groups in total. The van der Waals surface area contributed by atoms with Gasteiger partial charge in [-0.25, -0.2) is 0 Å². The summed E-state index contributed by atoms with van der Waals surface area (Å²) in [5.41, 5.74) is 0. The van der Waals surface area contributed by atoms with Crippen molar-refractivity contribution in [2.24, 2.45) is 11.8 Å². The molecule has 3 heteroatoms. The molecule has 3 nitrogen and oxygen atoms in total. The van der Waals surface area contributed by atoms with E-state index in [0.717, 1.165) is 6.42 Å². The summed E-state index contributed by atoms with van der Waals surface area (Å²) < 4.78 is 0. The summed E-state index contributed by atoms with van der Waals surface area (Å²) in [5, 5.41) is 0. The monoisotopic (exact) mass is 197 g/mol. The van der Waals surface area contributed by atoms with Crippen LogP contribution in [0.3, 0.4) is 0 Å². The van der Waals surface area contributed by atoms with E-state index in [0.29, 0.717) is 12.3 Å². The van der Waals surface area contributed by atoms with E-state index in [4.69, 9.17) is 0 Å². The number of imide groups is 1. The average Bonchev–Trinajstić information content (AvgIpc) is 2.02. The molecule has 0 aromatic heterocycles. The lowest BCUT2D eigenvalue weighted by Gasteiger charge is -2.34. The van der Waals surface area contributed by atoms with Gasteiger partial charge in [0.2, 0.25) is 11.8 Å². The molecule has 1 unspecified atom stereocenters. The van der Waals surface area contributed by atoms with Gasteiger partial charge in [-0.15, -0.1) is 0 Å². The van der Waals surface area contributed by atoms with E-state index in [-0.39, 0.29) is 23.8 Å². The lowest BCUT2D eigenvalue weighted by molar-refractivity contribution is -0.155. The Morgan fingerprint density at radius 3 is 2.21 bits per heavy atom. The number of carbonyl (C=O) groups is 2. The minimum atomic E-state index is -0.0121. The minimum absolute atomic E-state index is 0.00319. The Balaban J connectivity index is 2.83. The first-order valence-corrected chi connectivity index (χ1v) is 5.31. The van der Waals surface area contributed by atoms with E-state index >= 15 is 0 Å². The Hall–Kier alpha value is -0.860. The first kappa shape index (κ1) is 11.2. The number of nitrogens with zero attached hydrogens (tertiary/aromatic N) is 1. The largest absolute Gasteiger partial charge is 0.280 e. The van der Waals surface area contributed by atoms with Gasteiger partial charge < -0.3 is 0 Å². The van der Waals surface area contributed by atoms with Crippen LogP contribution >= 0.6 is 0 Å². The highest BCUT2D eigenvalue weighted by Crippen LogP contribution is 2.26. The number of rotatable bonds is 2. The molecule has 0 spiro atoms. The lowest BCUT2D eigenvalue weighted by Crippen LogP contribution is -2.49. The van der Waals surface area contributed by atoms with Crippen LogP contribution in [0.5, 0.6) is 0 Å². The van der Waals surface area contributed by atoms with Crippen LogP contribution in [0.4, 0.5) is 0 Å². The second-order valence-corrected chi connectivity index (χ2v) is 4.58. The summed E-state index contributed by atoms with van der Waals surface area (Å²) in [6, 6.07) is -0.00319. The molecule has 80 valence electrons. The second-order valence-electron chi connectivity index (χ2n) is 4.58. The van der Waals surface area contributed by atoms with Gasteiger partial charge in [-0.2, -0.15) is 0 Å². The zero-order chi connectivity index (χ0) is 10.9. The molecule has 1 fully saturated rings. The Bertz CT molecular complexity index is 246. The van der Waals surface area contributed by atoms with Crippen molar-refractivity contribution in [3.05, 3.63) is 0 Å². The average molecular weight is 197 g/mol. The lowest BCUT2D eigenvalue weighted by atomic mass is 9.86. The van der Waals surface area contributed by atoms with Crippen LogP contribution < -0.4 is 0 Å². The summed E-state index contributed by atoms with van der Waals surface area (Å²) in [6.45, 7) is 7.85. The number of hydrogen-bond donors (Lipinski definition) is 0. The van der Waals surface area contributed by atoms with Crippen molar-refractivity contribution in [1.29, 1.82) is 0 Å². The summed E-state index contributed by atoms with van der Waals surface area (Å²) in [5.74, 6) is 0.375. The van der Waals surface area contributed by atoms with Gasteiger partial charge in [-0.05, 0) is 26.2 Å². The third-order valence-electron chi connectivity index (χ3n) is 2.81. The molecule has 1 atom stereocenters.